The molecule has 0 saturated heterocycles. The zero-order chi connectivity index (χ0) is 13.1. The van der Waals surface area contributed by atoms with Crippen LogP contribution in [0.1, 0.15) is 29.5 Å². The van der Waals surface area contributed by atoms with Gasteiger partial charge in [-0.05, 0) is 19.9 Å². The number of amides is 1. The third-order valence-corrected chi connectivity index (χ3v) is 2.23. The Bertz CT molecular complexity index is 421. The molecule has 0 aromatic carbocycles. The maximum absolute atomic E-state index is 11.6. The highest BCUT2D eigenvalue weighted by Gasteiger charge is 2.25. The van der Waals surface area contributed by atoms with Crippen molar-refractivity contribution in [3.63, 3.8) is 0 Å². The van der Waals surface area contributed by atoms with E-state index in [1.54, 1.807) is 13.0 Å². The monoisotopic (exact) mass is 241 g/mol. The van der Waals surface area contributed by atoms with Gasteiger partial charge in [0.15, 0.2) is 5.76 Å². The summed E-state index contributed by atoms with van der Waals surface area (Å²) in [7, 11) is 0. The number of carboxylic acids is 1. The Morgan fingerprint density at radius 2 is 2.18 bits per heavy atom. The molecule has 1 amide bonds. The maximum atomic E-state index is 11.6. The van der Waals surface area contributed by atoms with Crippen LogP contribution in [-0.2, 0) is 4.79 Å². The molecule has 0 aliphatic rings. The number of aryl methyl sites for hydroxylation is 1. The Hall–Kier alpha value is -1.82. The average molecular weight is 241 g/mol. The lowest BCUT2D eigenvalue weighted by Gasteiger charge is -2.21. The van der Waals surface area contributed by atoms with Gasteiger partial charge >= 0.3 is 5.97 Å². The molecule has 1 aromatic rings. The van der Waals surface area contributed by atoms with Crippen molar-refractivity contribution in [2.24, 2.45) is 0 Å². The van der Waals surface area contributed by atoms with Crippen molar-refractivity contribution in [2.45, 2.75) is 25.9 Å². The number of carboxylic acid groups (broad SMARTS) is 1. The van der Waals surface area contributed by atoms with Gasteiger partial charge in [-0.2, -0.15) is 0 Å². The fourth-order valence-corrected chi connectivity index (χ4v) is 1.34. The number of nitrogens with one attached hydrogen (secondary N) is 1. The quantitative estimate of drug-likeness (QED) is 0.698. The van der Waals surface area contributed by atoms with Crippen LogP contribution in [0.5, 0.6) is 0 Å². The van der Waals surface area contributed by atoms with Crippen LogP contribution in [0.25, 0.3) is 0 Å². The fraction of sp³-hybridized carbons (Fsp3) is 0.455. The molecule has 1 atom stereocenters. The van der Waals surface area contributed by atoms with Crippen molar-refractivity contribution in [3.8, 4) is 0 Å². The second kappa shape index (κ2) is 5.01. The molecule has 0 fully saturated rings. The summed E-state index contributed by atoms with van der Waals surface area (Å²) in [5.74, 6) is -1.44. The van der Waals surface area contributed by atoms with Crippen LogP contribution in [0.3, 0.4) is 0 Å². The third kappa shape index (κ3) is 3.92. The molecular weight excluding hydrogens is 226 g/mol. The minimum atomic E-state index is -1.48. The number of aliphatic carboxylic acids is 1. The SMILES string of the molecule is Cc1ccoc1C(=O)NCC(C)(O)CC(=O)O. The largest absolute Gasteiger partial charge is 0.481 e. The van der Waals surface area contributed by atoms with Crippen LogP contribution in [0.2, 0.25) is 0 Å². The molecule has 0 aliphatic heterocycles. The van der Waals surface area contributed by atoms with E-state index < -0.39 is 23.9 Å². The van der Waals surface area contributed by atoms with Gasteiger partial charge in [0.2, 0.25) is 0 Å². The zero-order valence-electron chi connectivity index (χ0n) is 9.69. The van der Waals surface area contributed by atoms with Gasteiger partial charge in [0.1, 0.15) is 0 Å². The summed E-state index contributed by atoms with van der Waals surface area (Å²) < 4.78 is 4.96. The predicted molar refractivity (Wildman–Crippen MR) is 58.7 cm³/mol. The average Bonchev–Trinajstić information content (AvgIpc) is 2.59. The van der Waals surface area contributed by atoms with Gasteiger partial charge in [0.05, 0.1) is 18.3 Å². The Morgan fingerprint density at radius 1 is 1.53 bits per heavy atom. The van der Waals surface area contributed by atoms with E-state index in [-0.39, 0.29) is 12.3 Å². The van der Waals surface area contributed by atoms with Gasteiger partial charge in [0.25, 0.3) is 5.91 Å². The van der Waals surface area contributed by atoms with Crippen LogP contribution in [0, 0.1) is 6.92 Å². The topological polar surface area (TPSA) is 99.8 Å². The molecule has 17 heavy (non-hydrogen) atoms. The van der Waals surface area contributed by atoms with Gasteiger partial charge in [-0.15, -0.1) is 0 Å². The van der Waals surface area contributed by atoms with Crippen molar-refractivity contribution < 1.29 is 24.2 Å². The maximum Gasteiger partial charge on any atom is 0.306 e. The predicted octanol–water partition coefficient (Wildman–Crippen LogP) is 0.544. The highest BCUT2D eigenvalue weighted by Crippen LogP contribution is 2.10. The van der Waals surface area contributed by atoms with Gasteiger partial charge in [-0.1, -0.05) is 0 Å². The Balaban J connectivity index is 2.54. The van der Waals surface area contributed by atoms with Gasteiger partial charge in [-0.3, -0.25) is 9.59 Å². The normalized spacial score (nSPS) is 14.1. The molecule has 0 spiro atoms. The molecular formula is C11H15NO5. The zero-order valence-corrected chi connectivity index (χ0v) is 9.69. The summed E-state index contributed by atoms with van der Waals surface area (Å²) in [6.07, 6.45) is 0.948. The fourth-order valence-electron chi connectivity index (χ4n) is 1.34. The molecule has 0 aliphatic carbocycles. The number of rotatable bonds is 5. The Kier molecular flexibility index (Phi) is 3.90. The summed E-state index contributed by atoms with van der Waals surface area (Å²) in [6, 6.07) is 1.64. The lowest BCUT2D eigenvalue weighted by molar-refractivity contribution is -0.141. The minimum absolute atomic E-state index is 0.154. The number of carbonyl (C=O) groups excluding carboxylic acids is 1. The van der Waals surface area contributed by atoms with E-state index in [2.05, 4.69) is 5.32 Å². The Labute approximate surface area is 98.2 Å². The standard InChI is InChI=1S/C11H15NO5/c1-7-3-4-17-9(7)10(15)12-6-11(2,16)5-8(13)14/h3-4,16H,5-6H2,1-2H3,(H,12,15)(H,13,14). The van der Waals surface area contributed by atoms with Gasteiger partial charge < -0.3 is 19.9 Å². The Morgan fingerprint density at radius 3 is 2.65 bits per heavy atom. The first kappa shape index (κ1) is 13.2. The highest BCUT2D eigenvalue weighted by atomic mass is 16.4. The van der Waals surface area contributed by atoms with E-state index in [0.29, 0.717) is 5.56 Å². The first-order valence-electron chi connectivity index (χ1n) is 5.08. The molecule has 0 saturated carbocycles. The first-order valence-corrected chi connectivity index (χ1v) is 5.08. The molecule has 1 aromatic heterocycles. The van der Waals surface area contributed by atoms with Gasteiger partial charge in [0, 0.05) is 12.1 Å². The molecule has 1 rings (SSSR count). The summed E-state index contributed by atoms with van der Waals surface area (Å²) in [5.41, 5.74) is -0.803. The van der Waals surface area contributed by atoms with E-state index in [1.165, 1.54) is 13.2 Å². The molecule has 0 bridgehead atoms. The van der Waals surface area contributed by atoms with Crippen LogP contribution in [-0.4, -0.2) is 34.2 Å². The summed E-state index contributed by atoms with van der Waals surface area (Å²) in [5, 5.41) is 20.7. The van der Waals surface area contributed by atoms with Crippen molar-refractivity contribution in [3.05, 3.63) is 23.7 Å². The summed E-state index contributed by atoms with van der Waals surface area (Å²) in [4.78, 5) is 22.0. The smallest absolute Gasteiger partial charge is 0.306 e. The van der Waals surface area contributed by atoms with E-state index in [4.69, 9.17) is 9.52 Å². The van der Waals surface area contributed by atoms with E-state index in [1.807, 2.05) is 0 Å². The number of furan rings is 1. The van der Waals surface area contributed by atoms with Crippen molar-refractivity contribution in [2.75, 3.05) is 6.54 Å². The lowest BCUT2D eigenvalue weighted by Crippen LogP contribution is -2.42. The van der Waals surface area contributed by atoms with Crippen LogP contribution in [0.15, 0.2) is 16.7 Å². The molecule has 1 unspecified atom stereocenters. The van der Waals surface area contributed by atoms with Gasteiger partial charge in [-0.25, -0.2) is 0 Å². The molecule has 6 nitrogen and oxygen atoms in total. The number of aliphatic hydroxyl groups is 1. The van der Waals surface area contributed by atoms with E-state index in [9.17, 15) is 14.7 Å². The molecule has 1 heterocycles. The summed E-state index contributed by atoms with van der Waals surface area (Å²) in [6.45, 7) is 2.91. The van der Waals surface area contributed by atoms with E-state index in [0.717, 1.165) is 0 Å². The second-order valence-electron chi connectivity index (χ2n) is 4.18. The number of carbonyl (C=O) groups is 2. The van der Waals surface area contributed by atoms with Crippen LogP contribution < -0.4 is 5.32 Å². The molecule has 3 N–H and O–H groups in total. The highest BCUT2D eigenvalue weighted by molar-refractivity contribution is 5.92. The third-order valence-electron chi connectivity index (χ3n) is 2.23. The van der Waals surface area contributed by atoms with Crippen molar-refractivity contribution >= 4 is 11.9 Å². The van der Waals surface area contributed by atoms with Crippen LogP contribution >= 0.6 is 0 Å². The first-order chi connectivity index (χ1) is 7.82. The van der Waals surface area contributed by atoms with Crippen molar-refractivity contribution in [1.29, 1.82) is 0 Å². The number of hydrogen-bond donors (Lipinski definition) is 3. The molecule has 94 valence electrons. The number of hydrogen-bond acceptors (Lipinski definition) is 4. The van der Waals surface area contributed by atoms with Crippen molar-refractivity contribution in [1.82, 2.24) is 5.32 Å². The van der Waals surface area contributed by atoms with Crippen LogP contribution in [0.4, 0.5) is 0 Å². The minimum Gasteiger partial charge on any atom is -0.481 e. The summed E-state index contributed by atoms with van der Waals surface area (Å²) >= 11 is 0. The molecule has 6 heteroatoms. The lowest BCUT2D eigenvalue weighted by atomic mass is 10.0. The van der Waals surface area contributed by atoms with E-state index >= 15 is 0 Å². The second-order valence-corrected chi connectivity index (χ2v) is 4.18. The molecule has 0 radical (unpaired) electrons.